The summed E-state index contributed by atoms with van der Waals surface area (Å²) in [5.74, 6) is -0.664. The van der Waals surface area contributed by atoms with Crippen LogP contribution in [0.5, 0.6) is 0 Å². The number of halogens is 1. The Labute approximate surface area is 47.5 Å². The molecule has 0 rings (SSSR count). The van der Waals surface area contributed by atoms with Gasteiger partial charge in [0.05, 0.1) is 6.20 Å². The average molecular weight is 114 g/mol. The largest absolute Gasteiger partial charge is 0.265 e. The predicted molar refractivity (Wildman–Crippen MR) is 32.9 cm³/mol. The Bertz CT molecular complexity index is 126. The molecule has 0 spiro atoms. The van der Waals surface area contributed by atoms with Gasteiger partial charge in [0.15, 0.2) is 0 Å². The Morgan fingerprint density at radius 2 is 2.38 bits per heavy atom. The van der Waals surface area contributed by atoms with Crippen molar-refractivity contribution < 1.29 is 4.39 Å². The summed E-state index contributed by atoms with van der Waals surface area (Å²) < 4.78 is 11.8. The van der Waals surface area contributed by atoms with Gasteiger partial charge in [0.2, 0.25) is 5.95 Å². The second-order valence-electron chi connectivity index (χ2n) is 1.02. The first-order chi connectivity index (χ1) is 3.81. The maximum absolute atomic E-state index is 11.8. The second kappa shape index (κ2) is 4.18. The fraction of sp³-hybridized carbons (Fsp3) is 0.200. The number of rotatable bonds is 2. The van der Waals surface area contributed by atoms with Crippen LogP contribution < -0.4 is 0 Å². The molecule has 8 heavy (non-hydrogen) atoms. The van der Waals surface area contributed by atoms with Crippen LogP contribution in [-0.4, -0.2) is 12.9 Å². The molecule has 44 valence electrons. The molecule has 0 aromatic carbocycles. The first kappa shape index (κ1) is 7.01. The van der Waals surface area contributed by atoms with E-state index in [1.165, 1.54) is 6.21 Å². The first-order valence-electron chi connectivity index (χ1n) is 2.11. The Balaban J connectivity index is 3.74. The Kier molecular flexibility index (Phi) is 3.66. The zero-order valence-corrected chi connectivity index (χ0v) is 4.63. The van der Waals surface area contributed by atoms with E-state index in [-0.39, 0.29) is 0 Å². The summed E-state index contributed by atoms with van der Waals surface area (Å²) >= 11 is 0. The lowest BCUT2D eigenvalue weighted by Gasteiger charge is -1.76. The van der Waals surface area contributed by atoms with Crippen LogP contribution in [0.4, 0.5) is 4.39 Å². The third kappa shape index (κ3) is 3.21. The highest BCUT2D eigenvalue weighted by Gasteiger charge is 1.78. The standard InChI is InChI=1S/C5H7FN2/c1-3-8-4-5(6)7-2/h3-4H,2H2,1H3/b5-4-,8-3-. The number of nitrogens with zero attached hydrogens (tertiary/aromatic N) is 2. The monoisotopic (exact) mass is 114 g/mol. The van der Waals surface area contributed by atoms with Crippen LogP contribution in [-0.2, 0) is 0 Å². The minimum atomic E-state index is -0.664. The molecule has 0 fully saturated rings. The molecular weight excluding hydrogens is 107 g/mol. The van der Waals surface area contributed by atoms with Crippen molar-refractivity contribution in [2.24, 2.45) is 9.98 Å². The number of hydrogen-bond donors (Lipinski definition) is 0. The molecular formula is C5H7FN2. The zero-order chi connectivity index (χ0) is 6.41. The summed E-state index contributed by atoms with van der Waals surface area (Å²) in [5, 5.41) is 0. The van der Waals surface area contributed by atoms with E-state index >= 15 is 0 Å². The van der Waals surface area contributed by atoms with Gasteiger partial charge in [-0.3, -0.25) is 4.99 Å². The lowest BCUT2D eigenvalue weighted by Crippen LogP contribution is -1.61. The van der Waals surface area contributed by atoms with Gasteiger partial charge in [0.25, 0.3) is 0 Å². The summed E-state index contributed by atoms with van der Waals surface area (Å²) in [6.45, 7) is 4.63. The van der Waals surface area contributed by atoms with Crippen molar-refractivity contribution in [3.63, 3.8) is 0 Å². The van der Waals surface area contributed by atoms with Crippen LogP contribution >= 0.6 is 0 Å². The van der Waals surface area contributed by atoms with Gasteiger partial charge in [0, 0.05) is 6.21 Å². The fourth-order valence-corrected chi connectivity index (χ4v) is 0.177. The molecule has 0 aliphatic rings. The summed E-state index contributed by atoms with van der Waals surface area (Å²) in [4.78, 5) is 6.40. The molecule has 0 aromatic rings. The van der Waals surface area contributed by atoms with Gasteiger partial charge in [0.1, 0.15) is 0 Å². The zero-order valence-electron chi connectivity index (χ0n) is 4.63. The molecule has 2 nitrogen and oxygen atoms in total. The SMILES string of the molecule is C=N/C(F)=C\N=C/C. The number of hydrogen-bond acceptors (Lipinski definition) is 2. The molecule has 0 saturated carbocycles. The molecule has 0 aliphatic heterocycles. The maximum atomic E-state index is 11.8. The van der Waals surface area contributed by atoms with E-state index in [1.807, 2.05) is 0 Å². The molecule has 0 N–H and O–H groups in total. The second-order valence-corrected chi connectivity index (χ2v) is 1.02. The van der Waals surface area contributed by atoms with Crippen LogP contribution in [0.2, 0.25) is 0 Å². The van der Waals surface area contributed by atoms with Gasteiger partial charge >= 0.3 is 0 Å². The van der Waals surface area contributed by atoms with Gasteiger partial charge in [-0.1, -0.05) is 0 Å². The Morgan fingerprint density at radius 1 is 1.75 bits per heavy atom. The van der Waals surface area contributed by atoms with E-state index in [9.17, 15) is 4.39 Å². The van der Waals surface area contributed by atoms with Crippen molar-refractivity contribution >= 4 is 12.9 Å². The number of aliphatic imine (C=N–C) groups is 2. The normalized spacial score (nSPS) is 12.5. The summed E-state index contributed by atoms with van der Waals surface area (Å²) in [6, 6.07) is 0. The van der Waals surface area contributed by atoms with Crippen molar-refractivity contribution in [2.75, 3.05) is 0 Å². The molecule has 0 aliphatic carbocycles. The highest BCUT2D eigenvalue weighted by atomic mass is 19.1. The Hall–Kier alpha value is -0.990. The van der Waals surface area contributed by atoms with Crippen LogP contribution in [0.3, 0.4) is 0 Å². The van der Waals surface area contributed by atoms with Crippen LogP contribution in [0, 0.1) is 0 Å². The highest BCUT2D eigenvalue weighted by Crippen LogP contribution is 1.94. The van der Waals surface area contributed by atoms with Crippen molar-refractivity contribution in [2.45, 2.75) is 6.92 Å². The van der Waals surface area contributed by atoms with Gasteiger partial charge < -0.3 is 0 Å². The minimum Gasteiger partial charge on any atom is -0.265 e. The molecule has 0 heterocycles. The smallest absolute Gasteiger partial charge is 0.230 e. The van der Waals surface area contributed by atoms with E-state index < -0.39 is 5.95 Å². The fourth-order valence-electron chi connectivity index (χ4n) is 0.177. The molecule has 0 saturated heterocycles. The minimum absolute atomic E-state index is 0.664. The molecule has 0 bridgehead atoms. The third-order valence-corrected chi connectivity index (χ3v) is 0.481. The quantitative estimate of drug-likeness (QED) is 0.384. The summed E-state index contributed by atoms with van der Waals surface area (Å²) in [7, 11) is 0. The molecule has 0 aromatic heterocycles. The van der Waals surface area contributed by atoms with Crippen LogP contribution in [0.15, 0.2) is 22.1 Å². The van der Waals surface area contributed by atoms with Gasteiger partial charge in [-0.2, -0.15) is 4.39 Å². The van der Waals surface area contributed by atoms with Crippen LogP contribution in [0.1, 0.15) is 6.92 Å². The summed E-state index contributed by atoms with van der Waals surface area (Å²) in [6.07, 6.45) is 2.46. The predicted octanol–water partition coefficient (Wildman–Crippen LogP) is 1.55. The van der Waals surface area contributed by atoms with Crippen molar-refractivity contribution in [3.8, 4) is 0 Å². The maximum Gasteiger partial charge on any atom is 0.230 e. The van der Waals surface area contributed by atoms with Crippen molar-refractivity contribution in [1.82, 2.24) is 0 Å². The Morgan fingerprint density at radius 3 is 2.75 bits per heavy atom. The lowest BCUT2D eigenvalue weighted by atomic mass is 10.8. The van der Waals surface area contributed by atoms with E-state index in [4.69, 9.17) is 0 Å². The molecule has 3 heteroatoms. The van der Waals surface area contributed by atoms with Gasteiger partial charge in [-0.25, -0.2) is 4.99 Å². The summed E-state index contributed by atoms with van der Waals surface area (Å²) in [5.41, 5.74) is 0. The molecule has 0 atom stereocenters. The van der Waals surface area contributed by atoms with Crippen molar-refractivity contribution in [3.05, 3.63) is 12.2 Å². The third-order valence-electron chi connectivity index (χ3n) is 0.481. The van der Waals surface area contributed by atoms with Crippen molar-refractivity contribution in [1.29, 1.82) is 0 Å². The molecule has 0 unspecified atom stereocenters. The average Bonchev–Trinajstić information content (AvgIpc) is 1.83. The van der Waals surface area contributed by atoms with E-state index in [0.29, 0.717) is 0 Å². The molecule has 0 amide bonds. The lowest BCUT2D eigenvalue weighted by molar-refractivity contribution is 0.627. The molecule has 0 radical (unpaired) electrons. The van der Waals surface area contributed by atoms with Crippen LogP contribution in [0.25, 0.3) is 0 Å². The first-order valence-corrected chi connectivity index (χ1v) is 2.11. The van der Waals surface area contributed by atoms with E-state index in [2.05, 4.69) is 16.7 Å². The van der Waals surface area contributed by atoms with E-state index in [1.54, 1.807) is 6.92 Å². The van der Waals surface area contributed by atoms with Gasteiger partial charge in [-0.15, -0.1) is 0 Å². The van der Waals surface area contributed by atoms with Gasteiger partial charge in [-0.05, 0) is 13.6 Å². The van der Waals surface area contributed by atoms with E-state index in [0.717, 1.165) is 6.20 Å². The highest BCUT2D eigenvalue weighted by molar-refractivity contribution is 5.54. The topological polar surface area (TPSA) is 24.7 Å².